The third-order valence-corrected chi connectivity index (χ3v) is 0.167. The van der Waals surface area contributed by atoms with E-state index in [4.69, 9.17) is 5.73 Å². The highest BCUT2D eigenvalue weighted by Gasteiger charge is 1.43. The second-order valence-corrected chi connectivity index (χ2v) is 0.524. The maximum atomic E-state index is 4.91. The zero-order chi connectivity index (χ0) is 3.41. The van der Waals surface area contributed by atoms with Crippen LogP contribution in [0.3, 0.4) is 0 Å². The van der Waals surface area contributed by atoms with Crippen LogP contribution in [0.2, 0.25) is 0 Å². The minimum absolute atomic E-state index is 0. The van der Waals surface area contributed by atoms with E-state index < -0.39 is 0 Å². The molecule has 1 nitrogen and oxygen atoms in total. The Balaban J connectivity index is 0. The maximum Gasteiger partial charge on any atom is 0.0104 e. The molecule has 0 saturated heterocycles. The molecule has 32 valence electrons. The number of rotatable bonds is 1. The highest BCUT2D eigenvalue weighted by Crippen LogP contribution is 1.40. The molecule has 0 amide bonds. The molecule has 0 saturated carbocycles. The molecule has 0 aliphatic rings. The molecule has 0 atom stereocenters. The SMILES string of the molecule is C=CCN.[SiH4]. The molecule has 0 aliphatic heterocycles. The van der Waals surface area contributed by atoms with Crippen molar-refractivity contribution in [2.24, 2.45) is 5.73 Å². The molecular formula is C3H11NSi. The lowest BCUT2D eigenvalue weighted by molar-refractivity contribution is 1.26. The fourth-order valence-electron chi connectivity index (χ4n) is 0. The van der Waals surface area contributed by atoms with E-state index in [9.17, 15) is 0 Å². The first-order valence-electron chi connectivity index (χ1n) is 1.22. The van der Waals surface area contributed by atoms with Crippen molar-refractivity contribution in [1.29, 1.82) is 0 Å². The molecule has 0 rings (SSSR count). The second kappa shape index (κ2) is 9.07. The van der Waals surface area contributed by atoms with E-state index >= 15 is 0 Å². The fraction of sp³-hybridized carbons (Fsp3) is 0.333. The lowest BCUT2D eigenvalue weighted by Crippen LogP contribution is -1.90. The number of hydrogen-bond donors (Lipinski definition) is 1. The second-order valence-electron chi connectivity index (χ2n) is 0.524. The predicted octanol–water partition coefficient (Wildman–Crippen LogP) is -1.32. The highest BCUT2D eigenvalue weighted by molar-refractivity contribution is 5.75. The normalized spacial score (nSPS) is 5.00. The molecule has 0 fully saturated rings. The van der Waals surface area contributed by atoms with Crippen molar-refractivity contribution in [2.75, 3.05) is 6.54 Å². The van der Waals surface area contributed by atoms with Crippen LogP contribution in [0.15, 0.2) is 12.7 Å². The smallest absolute Gasteiger partial charge is 0.0104 e. The van der Waals surface area contributed by atoms with Crippen LogP contribution in [0.5, 0.6) is 0 Å². The number of hydrogen-bond acceptors (Lipinski definition) is 1. The van der Waals surface area contributed by atoms with Gasteiger partial charge in [-0.3, -0.25) is 0 Å². The Hall–Kier alpha value is -0.0831. The van der Waals surface area contributed by atoms with Gasteiger partial charge in [0.05, 0.1) is 0 Å². The third kappa shape index (κ3) is 17.1. The van der Waals surface area contributed by atoms with Gasteiger partial charge in [-0.05, 0) is 11.0 Å². The van der Waals surface area contributed by atoms with E-state index in [0.717, 1.165) is 0 Å². The van der Waals surface area contributed by atoms with E-state index in [0.29, 0.717) is 6.54 Å². The summed E-state index contributed by atoms with van der Waals surface area (Å²) in [4.78, 5) is 0. The molecule has 0 radical (unpaired) electrons. The van der Waals surface area contributed by atoms with Crippen molar-refractivity contribution in [2.45, 2.75) is 0 Å². The van der Waals surface area contributed by atoms with Crippen LogP contribution in [0, 0.1) is 0 Å². The van der Waals surface area contributed by atoms with Crippen molar-refractivity contribution < 1.29 is 0 Å². The summed E-state index contributed by atoms with van der Waals surface area (Å²) >= 11 is 0. The van der Waals surface area contributed by atoms with Gasteiger partial charge in [-0.2, -0.15) is 0 Å². The lowest BCUT2D eigenvalue weighted by Gasteiger charge is -1.61. The summed E-state index contributed by atoms with van der Waals surface area (Å²) in [5, 5.41) is 0. The zero-order valence-electron chi connectivity index (χ0n) is 2.57. The Morgan fingerprint density at radius 2 is 2.00 bits per heavy atom. The van der Waals surface area contributed by atoms with Crippen LogP contribution in [0.25, 0.3) is 0 Å². The van der Waals surface area contributed by atoms with Gasteiger partial charge in [0.1, 0.15) is 0 Å². The van der Waals surface area contributed by atoms with Gasteiger partial charge in [0.25, 0.3) is 0 Å². The van der Waals surface area contributed by atoms with Crippen LogP contribution in [-0.2, 0) is 0 Å². The average molecular weight is 89.2 g/mol. The molecule has 0 spiro atoms. The predicted molar refractivity (Wildman–Crippen MR) is 30.6 cm³/mol. The van der Waals surface area contributed by atoms with Crippen LogP contribution in [-0.4, -0.2) is 17.5 Å². The standard InChI is InChI=1S/C3H7N.H4Si/c1-2-3-4;/h2H,1,3-4H2;1H4. The van der Waals surface area contributed by atoms with Crippen LogP contribution in [0.4, 0.5) is 0 Å². The summed E-state index contributed by atoms with van der Waals surface area (Å²) in [7, 11) is 0. The van der Waals surface area contributed by atoms with Crippen molar-refractivity contribution in [3.8, 4) is 0 Å². The molecule has 0 aromatic rings. The molecule has 2 heteroatoms. The topological polar surface area (TPSA) is 26.0 Å². The van der Waals surface area contributed by atoms with Gasteiger partial charge in [0, 0.05) is 6.54 Å². The minimum atomic E-state index is 0. The third-order valence-electron chi connectivity index (χ3n) is 0.167. The van der Waals surface area contributed by atoms with Gasteiger partial charge < -0.3 is 5.73 Å². The monoisotopic (exact) mass is 89.1 g/mol. The summed E-state index contributed by atoms with van der Waals surface area (Å²) in [5.74, 6) is 0. The molecule has 0 heterocycles. The Bertz CT molecular complexity index is 20.9. The van der Waals surface area contributed by atoms with E-state index in [1.54, 1.807) is 6.08 Å². The van der Waals surface area contributed by atoms with E-state index in [1.165, 1.54) is 0 Å². The first-order chi connectivity index (χ1) is 1.91. The van der Waals surface area contributed by atoms with Gasteiger partial charge in [0.2, 0.25) is 0 Å². The van der Waals surface area contributed by atoms with Crippen molar-refractivity contribution >= 4 is 11.0 Å². The maximum absolute atomic E-state index is 4.91. The molecule has 5 heavy (non-hydrogen) atoms. The quantitative estimate of drug-likeness (QED) is 0.313. The van der Waals surface area contributed by atoms with Gasteiger partial charge in [-0.1, -0.05) is 6.08 Å². The van der Waals surface area contributed by atoms with Crippen molar-refractivity contribution in [3.63, 3.8) is 0 Å². The van der Waals surface area contributed by atoms with E-state index in [1.807, 2.05) is 0 Å². The zero-order valence-corrected chi connectivity index (χ0v) is 2.57. The van der Waals surface area contributed by atoms with Gasteiger partial charge in [-0.15, -0.1) is 6.58 Å². The average Bonchev–Trinajstić information content (AvgIpc) is 1.37. The van der Waals surface area contributed by atoms with Gasteiger partial charge >= 0.3 is 0 Å². The van der Waals surface area contributed by atoms with Crippen molar-refractivity contribution in [1.82, 2.24) is 0 Å². The molecule has 2 N–H and O–H groups in total. The summed E-state index contributed by atoms with van der Waals surface area (Å²) in [6.45, 7) is 3.94. The van der Waals surface area contributed by atoms with Gasteiger partial charge in [-0.25, -0.2) is 0 Å². The first-order valence-corrected chi connectivity index (χ1v) is 1.22. The summed E-state index contributed by atoms with van der Waals surface area (Å²) in [5.41, 5.74) is 4.91. The molecule has 0 aromatic heterocycles. The van der Waals surface area contributed by atoms with Crippen LogP contribution in [0.1, 0.15) is 0 Å². The molecule has 0 aliphatic carbocycles. The van der Waals surface area contributed by atoms with Crippen molar-refractivity contribution in [3.05, 3.63) is 12.7 Å². The van der Waals surface area contributed by atoms with Gasteiger partial charge in [0.15, 0.2) is 0 Å². The number of nitrogens with two attached hydrogens (primary N) is 1. The molecule has 0 aromatic carbocycles. The first kappa shape index (κ1) is 8.87. The Labute approximate surface area is 36.9 Å². The lowest BCUT2D eigenvalue weighted by atomic mass is 10.7. The molecule has 0 unspecified atom stereocenters. The summed E-state index contributed by atoms with van der Waals surface area (Å²) in [6.07, 6.45) is 1.65. The largest absolute Gasteiger partial charge is 0.327 e. The van der Waals surface area contributed by atoms with E-state index in [2.05, 4.69) is 6.58 Å². The van der Waals surface area contributed by atoms with E-state index in [-0.39, 0.29) is 11.0 Å². The minimum Gasteiger partial charge on any atom is -0.327 e. The Morgan fingerprint density at radius 3 is 2.00 bits per heavy atom. The summed E-state index contributed by atoms with van der Waals surface area (Å²) < 4.78 is 0. The van der Waals surface area contributed by atoms with Crippen LogP contribution < -0.4 is 5.73 Å². The van der Waals surface area contributed by atoms with Crippen LogP contribution >= 0.6 is 0 Å². The Kier molecular flexibility index (Phi) is 16.1. The molecule has 0 bridgehead atoms. The fourth-order valence-corrected chi connectivity index (χ4v) is 0. The molecular weight excluding hydrogens is 78.1 g/mol. The highest BCUT2D eigenvalue weighted by atomic mass is 28.1. The Morgan fingerprint density at radius 1 is 1.80 bits per heavy atom. The summed E-state index contributed by atoms with van der Waals surface area (Å²) in [6, 6.07) is 0.